The summed E-state index contributed by atoms with van der Waals surface area (Å²) < 4.78 is 0. The fourth-order valence-electron chi connectivity index (χ4n) is 8.45. The molecule has 3 aromatic rings. The Morgan fingerprint density at radius 1 is 0.912 bits per heavy atom. The maximum absolute atomic E-state index is 4.87. The Bertz CT molecular complexity index is 1240. The van der Waals surface area contributed by atoms with Crippen molar-refractivity contribution < 1.29 is 0 Å². The van der Waals surface area contributed by atoms with Crippen LogP contribution < -0.4 is 5.32 Å². The lowest BCUT2D eigenvalue weighted by Crippen LogP contribution is -2.18. The van der Waals surface area contributed by atoms with Gasteiger partial charge in [-0.3, -0.25) is 4.90 Å². The van der Waals surface area contributed by atoms with E-state index in [0.29, 0.717) is 28.3 Å². The van der Waals surface area contributed by atoms with Gasteiger partial charge in [-0.15, -0.1) is 0 Å². The van der Waals surface area contributed by atoms with E-state index in [4.69, 9.17) is 4.98 Å². The highest BCUT2D eigenvalue weighted by atomic mass is 15.2. The second kappa shape index (κ2) is 6.61. The highest BCUT2D eigenvalue weighted by Gasteiger charge is 2.91. The molecule has 1 spiro atoms. The van der Waals surface area contributed by atoms with Crippen LogP contribution in [0, 0.1) is 5.41 Å². The van der Waals surface area contributed by atoms with Crippen LogP contribution in [0.3, 0.4) is 0 Å². The van der Waals surface area contributed by atoms with Crippen LogP contribution in [0.2, 0.25) is 0 Å². The molecule has 0 bridgehead atoms. The van der Waals surface area contributed by atoms with Crippen molar-refractivity contribution in [3.05, 3.63) is 59.6 Å². The van der Waals surface area contributed by atoms with Crippen LogP contribution in [0.4, 0.5) is 0 Å². The van der Waals surface area contributed by atoms with E-state index in [0.717, 1.165) is 18.1 Å². The third-order valence-electron chi connectivity index (χ3n) is 10.4. The summed E-state index contributed by atoms with van der Waals surface area (Å²) in [5.74, 6) is 2.28. The van der Waals surface area contributed by atoms with Crippen molar-refractivity contribution in [1.29, 1.82) is 0 Å². The molecule has 8 rings (SSSR count). The number of imidazole rings is 2. The molecular weight excluding hydrogens is 420 g/mol. The first-order chi connectivity index (χ1) is 16.6. The summed E-state index contributed by atoms with van der Waals surface area (Å²) >= 11 is 0. The molecule has 5 unspecified atom stereocenters. The molecule has 5 fully saturated rings. The standard InChI is InChI=1S/C28H34N6/c1-34-13-3-5-22(34)25-31-15-23(33-25)27-11-10-26(16-28(26,27)17-27)19-8-6-18(7-9-19)21-14-30-24(32-21)20-4-2-12-29-20/h6-9,14-15,20,22,29H,2-5,10-13,16-17H2,1H3,(H,30,32)(H,31,33). The average molecular weight is 455 g/mol. The predicted molar refractivity (Wildman–Crippen MR) is 131 cm³/mol. The van der Waals surface area contributed by atoms with E-state index < -0.39 is 0 Å². The Hall–Kier alpha value is -2.44. The lowest BCUT2D eigenvalue weighted by molar-refractivity contribution is 0.306. The minimum Gasteiger partial charge on any atom is -0.344 e. The van der Waals surface area contributed by atoms with E-state index in [2.05, 4.69) is 62.7 Å². The zero-order chi connectivity index (χ0) is 22.5. The number of nitrogens with one attached hydrogen (secondary N) is 3. The molecule has 3 aliphatic carbocycles. The summed E-state index contributed by atoms with van der Waals surface area (Å²) in [5, 5.41) is 3.54. The van der Waals surface area contributed by atoms with Gasteiger partial charge in [-0.05, 0) is 88.0 Å². The number of H-pyrrole nitrogens is 2. The predicted octanol–water partition coefficient (Wildman–Crippen LogP) is 4.75. The third-order valence-corrected chi connectivity index (χ3v) is 10.4. The number of benzene rings is 1. The van der Waals surface area contributed by atoms with Gasteiger partial charge in [0.25, 0.3) is 0 Å². The average Bonchev–Trinajstić information content (AvgIpc) is 3.40. The minimum atomic E-state index is 0.348. The van der Waals surface area contributed by atoms with Gasteiger partial charge in [0.2, 0.25) is 0 Å². The van der Waals surface area contributed by atoms with Crippen molar-refractivity contribution in [3.8, 4) is 11.3 Å². The number of aromatic amines is 2. The largest absolute Gasteiger partial charge is 0.344 e. The van der Waals surface area contributed by atoms with Gasteiger partial charge in [0, 0.05) is 22.7 Å². The molecule has 3 N–H and O–H groups in total. The first-order valence-corrected chi connectivity index (χ1v) is 13.3. The third kappa shape index (κ3) is 2.43. The molecule has 2 aliphatic heterocycles. The Balaban J connectivity index is 1.03. The van der Waals surface area contributed by atoms with Crippen LogP contribution in [0.5, 0.6) is 0 Å². The molecular formula is C28H34N6. The maximum atomic E-state index is 4.87. The Morgan fingerprint density at radius 2 is 1.74 bits per heavy atom. The molecule has 4 heterocycles. The summed E-state index contributed by atoms with van der Waals surface area (Å²) in [6.07, 6.45) is 14.4. The van der Waals surface area contributed by atoms with E-state index in [9.17, 15) is 0 Å². The zero-order valence-electron chi connectivity index (χ0n) is 20.0. The quantitative estimate of drug-likeness (QED) is 0.520. The van der Waals surface area contributed by atoms with Crippen LogP contribution in [0.1, 0.15) is 86.4 Å². The summed E-state index contributed by atoms with van der Waals surface area (Å²) in [6, 6.07) is 10.3. The lowest BCUT2D eigenvalue weighted by atomic mass is 9.89. The topological polar surface area (TPSA) is 72.6 Å². The van der Waals surface area contributed by atoms with Gasteiger partial charge >= 0.3 is 0 Å². The first kappa shape index (κ1) is 19.8. The van der Waals surface area contributed by atoms with Crippen molar-refractivity contribution in [2.75, 3.05) is 20.1 Å². The van der Waals surface area contributed by atoms with Gasteiger partial charge in [-0.1, -0.05) is 24.3 Å². The number of nitrogens with zero attached hydrogens (tertiary/aromatic N) is 3. The molecule has 1 aromatic carbocycles. The van der Waals surface area contributed by atoms with Gasteiger partial charge in [0.15, 0.2) is 0 Å². The summed E-state index contributed by atoms with van der Waals surface area (Å²) in [7, 11) is 2.23. The highest BCUT2D eigenvalue weighted by Crippen LogP contribution is 2.94. The molecule has 34 heavy (non-hydrogen) atoms. The van der Waals surface area contributed by atoms with E-state index >= 15 is 0 Å². The molecule has 176 valence electrons. The first-order valence-electron chi connectivity index (χ1n) is 13.3. The molecule has 2 saturated heterocycles. The minimum absolute atomic E-state index is 0.348. The SMILES string of the molecule is CN1CCCC1c1ncc(C23CCC4(c5ccc(-c6cnc(C7CCCN7)[nH]6)cc5)CC42C3)[nH]1. The van der Waals surface area contributed by atoms with Gasteiger partial charge in [0.05, 0.1) is 24.0 Å². The van der Waals surface area contributed by atoms with Gasteiger partial charge in [0.1, 0.15) is 11.6 Å². The molecule has 0 amide bonds. The van der Waals surface area contributed by atoms with Gasteiger partial charge in [-0.25, -0.2) is 9.97 Å². The van der Waals surface area contributed by atoms with Crippen molar-refractivity contribution >= 4 is 0 Å². The second-order valence-corrected chi connectivity index (χ2v) is 11.8. The van der Waals surface area contributed by atoms with E-state index in [1.807, 2.05) is 6.20 Å². The number of likely N-dealkylation sites (tertiary alicyclic amines) is 1. The van der Waals surface area contributed by atoms with Crippen LogP contribution in [0.25, 0.3) is 11.3 Å². The Labute approximate surface area is 201 Å². The van der Waals surface area contributed by atoms with Crippen LogP contribution in [-0.4, -0.2) is 45.0 Å². The fourth-order valence-corrected chi connectivity index (χ4v) is 8.45. The molecule has 6 nitrogen and oxygen atoms in total. The van der Waals surface area contributed by atoms with Crippen molar-refractivity contribution in [2.24, 2.45) is 5.41 Å². The highest BCUT2D eigenvalue weighted by molar-refractivity contribution is 5.62. The van der Waals surface area contributed by atoms with Crippen molar-refractivity contribution in [2.45, 2.75) is 74.3 Å². The maximum Gasteiger partial charge on any atom is 0.123 e. The van der Waals surface area contributed by atoms with Crippen LogP contribution in [0.15, 0.2) is 36.7 Å². The molecule has 2 aromatic heterocycles. The van der Waals surface area contributed by atoms with Gasteiger partial charge < -0.3 is 15.3 Å². The van der Waals surface area contributed by atoms with E-state index in [1.54, 1.807) is 5.56 Å². The number of rotatable bonds is 5. The summed E-state index contributed by atoms with van der Waals surface area (Å²) in [6.45, 7) is 2.28. The summed E-state index contributed by atoms with van der Waals surface area (Å²) in [4.78, 5) is 19.4. The fraction of sp³-hybridized carbons (Fsp3) is 0.571. The number of hydrogen-bond donors (Lipinski definition) is 3. The molecule has 5 aliphatic rings. The normalized spacial score (nSPS) is 38.3. The molecule has 3 saturated carbocycles. The van der Waals surface area contributed by atoms with E-state index in [1.165, 1.54) is 75.0 Å². The van der Waals surface area contributed by atoms with Crippen molar-refractivity contribution in [3.63, 3.8) is 0 Å². The molecule has 6 heteroatoms. The summed E-state index contributed by atoms with van der Waals surface area (Å²) in [5.41, 5.74) is 6.54. The zero-order valence-corrected chi connectivity index (χ0v) is 20.0. The lowest BCUT2D eigenvalue weighted by Gasteiger charge is -2.17. The van der Waals surface area contributed by atoms with Crippen LogP contribution in [-0.2, 0) is 10.8 Å². The second-order valence-electron chi connectivity index (χ2n) is 11.8. The van der Waals surface area contributed by atoms with Gasteiger partial charge in [-0.2, -0.15) is 0 Å². The molecule has 5 atom stereocenters. The smallest absolute Gasteiger partial charge is 0.123 e. The number of hydrogen-bond acceptors (Lipinski definition) is 4. The van der Waals surface area contributed by atoms with E-state index in [-0.39, 0.29) is 0 Å². The Morgan fingerprint density at radius 3 is 2.47 bits per heavy atom. The molecule has 0 radical (unpaired) electrons. The van der Waals surface area contributed by atoms with Crippen molar-refractivity contribution in [1.82, 2.24) is 30.2 Å². The Kier molecular flexibility index (Phi) is 3.85. The van der Waals surface area contributed by atoms with Crippen LogP contribution >= 0.6 is 0 Å². The number of aromatic nitrogens is 4. The monoisotopic (exact) mass is 454 g/mol.